The fourth-order valence-corrected chi connectivity index (χ4v) is 5.43. The van der Waals surface area contributed by atoms with Crippen LogP contribution in [0.2, 0.25) is 0 Å². The number of carboxylic acid groups (broad SMARTS) is 1. The van der Waals surface area contributed by atoms with Crippen LogP contribution in [-0.2, 0) is 9.59 Å². The zero-order valence-corrected chi connectivity index (χ0v) is 18.5. The molecule has 3 aliphatic rings. The van der Waals surface area contributed by atoms with Crippen molar-refractivity contribution in [3.8, 4) is 0 Å². The molecule has 0 radical (unpaired) electrons. The van der Waals surface area contributed by atoms with Crippen molar-refractivity contribution >= 4 is 41.9 Å². The van der Waals surface area contributed by atoms with E-state index in [9.17, 15) is 19.8 Å². The predicted octanol–water partition coefficient (Wildman–Crippen LogP) is -3.95. The molecule has 0 unspecified atom stereocenters. The number of hydrazine groups is 1. The Kier molecular flexibility index (Phi) is 7.25. The SMILES string of the molecule is CCN1CN=CN1SCC1=C(C(=O)[O-])N2C(=O)[C@H]([C@@H](C)O)[C@H]2S1.[K+]. The molecule has 0 bridgehead atoms. The first-order valence-electron chi connectivity index (χ1n) is 7.25. The normalized spacial score (nSPS) is 27.2. The van der Waals surface area contributed by atoms with Gasteiger partial charge in [0.25, 0.3) is 0 Å². The van der Waals surface area contributed by atoms with Gasteiger partial charge in [-0.1, -0.05) is 6.92 Å². The van der Waals surface area contributed by atoms with Crippen LogP contribution in [0.5, 0.6) is 0 Å². The summed E-state index contributed by atoms with van der Waals surface area (Å²) in [6.45, 7) is 4.94. The number of carbonyl (C=O) groups is 2. The van der Waals surface area contributed by atoms with Gasteiger partial charge in [-0.05, 0) is 18.9 Å². The third-order valence-electron chi connectivity index (χ3n) is 3.96. The minimum atomic E-state index is -1.35. The minimum absolute atomic E-state index is 0. The zero-order chi connectivity index (χ0) is 16.7. The van der Waals surface area contributed by atoms with E-state index >= 15 is 0 Å². The molecule has 1 amide bonds. The molecule has 0 aromatic rings. The van der Waals surface area contributed by atoms with E-state index in [1.54, 1.807) is 13.3 Å². The molecule has 3 atom stereocenters. The van der Waals surface area contributed by atoms with Gasteiger partial charge >= 0.3 is 51.4 Å². The summed E-state index contributed by atoms with van der Waals surface area (Å²) in [5.41, 5.74) is -0.0615. The molecule has 3 aliphatic heterocycles. The van der Waals surface area contributed by atoms with Crippen LogP contribution in [0, 0.1) is 5.92 Å². The largest absolute Gasteiger partial charge is 1.00 e. The van der Waals surface area contributed by atoms with Gasteiger partial charge in [-0.25, -0.2) is 4.41 Å². The van der Waals surface area contributed by atoms with Gasteiger partial charge in [0.1, 0.15) is 18.4 Å². The quantitative estimate of drug-likeness (QED) is 0.276. The molecule has 8 nitrogen and oxygen atoms in total. The summed E-state index contributed by atoms with van der Waals surface area (Å²) in [7, 11) is 0. The number of carbonyl (C=O) groups excluding carboxylic acids is 2. The Morgan fingerprint density at radius 1 is 1.62 bits per heavy atom. The summed E-state index contributed by atoms with van der Waals surface area (Å²) in [6.07, 6.45) is 0.902. The number of fused-ring (bicyclic) bond motifs is 1. The molecule has 0 spiro atoms. The summed E-state index contributed by atoms with van der Waals surface area (Å²) < 4.78 is 1.87. The van der Waals surface area contributed by atoms with Crippen LogP contribution in [0.3, 0.4) is 0 Å². The summed E-state index contributed by atoms with van der Waals surface area (Å²) in [5, 5.41) is 22.8. The Morgan fingerprint density at radius 3 is 2.92 bits per heavy atom. The van der Waals surface area contributed by atoms with E-state index in [1.807, 2.05) is 16.3 Å². The van der Waals surface area contributed by atoms with Gasteiger partial charge in [-0.2, -0.15) is 5.01 Å². The number of aliphatic carboxylic acids is 1. The van der Waals surface area contributed by atoms with E-state index in [4.69, 9.17) is 0 Å². The van der Waals surface area contributed by atoms with Gasteiger partial charge in [-0.15, -0.1) is 11.8 Å². The number of thioether (sulfide) groups is 1. The average Bonchev–Trinajstić information content (AvgIpc) is 3.06. The van der Waals surface area contributed by atoms with Crippen molar-refractivity contribution in [3.05, 3.63) is 10.6 Å². The molecule has 11 heteroatoms. The maximum absolute atomic E-state index is 12.1. The zero-order valence-electron chi connectivity index (χ0n) is 13.7. The Bertz CT molecular complexity index is 601. The molecule has 126 valence electrons. The maximum atomic E-state index is 12.1. The number of hydrogen-bond acceptors (Lipinski definition) is 9. The molecule has 3 rings (SSSR count). The Balaban J connectivity index is 0.00000208. The fourth-order valence-electron chi connectivity index (χ4n) is 2.76. The van der Waals surface area contributed by atoms with Crippen LogP contribution < -0.4 is 56.5 Å². The van der Waals surface area contributed by atoms with E-state index in [0.717, 1.165) is 6.54 Å². The predicted molar refractivity (Wildman–Crippen MR) is 85.5 cm³/mol. The summed E-state index contributed by atoms with van der Waals surface area (Å²) in [6, 6.07) is 0. The molecule has 0 aliphatic carbocycles. The van der Waals surface area contributed by atoms with E-state index in [2.05, 4.69) is 4.99 Å². The van der Waals surface area contributed by atoms with Crippen molar-refractivity contribution < 1.29 is 71.2 Å². The number of nitrogens with zero attached hydrogens (tertiary/aromatic N) is 4. The molecule has 24 heavy (non-hydrogen) atoms. The van der Waals surface area contributed by atoms with Gasteiger partial charge in [0.05, 0.1) is 23.7 Å². The standard InChI is InChI=1S/C13H18N4O4S2.K/c1-3-15-5-14-6-16(15)22-4-8-10(13(20)21)17-11(19)9(7(2)18)12(17)23-8;/h6-7,9,12,18H,3-5H2,1-2H3,(H,20,21);/q;+1/p-1/t7-,9+,12-;/m1./s1. The monoisotopic (exact) mass is 396 g/mol. The molecule has 1 saturated heterocycles. The van der Waals surface area contributed by atoms with Crippen LogP contribution >= 0.6 is 23.7 Å². The van der Waals surface area contributed by atoms with Crippen molar-refractivity contribution in [2.24, 2.45) is 10.9 Å². The Morgan fingerprint density at radius 2 is 2.33 bits per heavy atom. The van der Waals surface area contributed by atoms with Crippen molar-refractivity contribution in [3.63, 3.8) is 0 Å². The summed E-state index contributed by atoms with van der Waals surface area (Å²) in [5.74, 6) is -1.86. The third kappa shape index (κ3) is 3.60. The van der Waals surface area contributed by atoms with Crippen LogP contribution in [-0.4, -0.2) is 68.1 Å². The third-order valence-corrected chi connectivity index (χ3v) is 6.52. The van der Waals surface area contributed by atoms with E-state index in [-0.39, 0.29) is 68.4 Å². The van der Waals surface area contributed by atoms with E-state index in [0.29, 0.717) is 17.3 Å². The van der Waals surface area contributed by atoms with E-state index in [1.165, 1.54) is 28.6 Å². The average molecular weight is 397 g/mol. The molecule has 1 fully saturated rings. The van der Waals surface area contributed by atoms with Crippen molar-refractivity contribution in [2.45, 2.75) is 25.3 Å². The second-order valence-corrected chi connectivity index (χ2v) is 7.51. The second-order valence-electron chi connectivity index (χ2n) is 5.38. The van der Waals surface area contributed by atoms with Crippen LogP contribution in [0.4, 0.5) is 0 Å². The number of hydrogen-bond donors (Lipinski definition) is 1. The van der Waals surface area contributed by atoms with Crippen molar-refractivity contribution in [1.29, 1.82) is 0 Å². The van der Waals surface area contributed by atoms with Crippen molar-refractivity contribution in [2.75, 3.05) is 19.0 Å². The van der Waals surface area contributed by atoms with Gasteiger partial charge in [-0.3, -0.25) is 14.7 Å². The smallest absolute Gasteiger partial charge is 0.543 e. The number of β-lactam (4-membered cyclic amide) rings is 1. The molecule has 1 N–H and O–H groups in total. The summed E-state index contributed by atoms with van der Waals surface area (Å²) in [4.78, 5) is 29.5. The molecular weight excluding hydrogens is 379 g/mol. The van der Waals surface area contributed by atoms with Crippen LogP contribution in [0.15, 0.2) is 15.6 Å². The molecule has 3 heterocycles. The number of aliphatic hydroxyl groups excluding tert-OH is 1. The minimum Gasteiger partial charge on any atom is -0.543 e. The number of carboxylic acids is 1. The number of amides is 1. The topological polar surface area (TPSA) is 99.5 Å². The van der Waals surface area contributed by atoms with Gasteiger partial charge < -0.3 is 15.0 Å². The summed E-state index contributed by atoms with van der Waals surface area (Å²) >= 11 is 2.74. The molecule has 0 saturated carbocycles. The fraction of sp³-hybridized carbons (Fsp3) is 0.615. The number of aliphatic hydroxyl groups is 1. The van der Waals surface area contributed by atoms with Crippen LogP contribution in [0.25, 0.3) is 0 Å². The molecular formula is C13H17KN4O4S2. The van der Waals surface area contributed by atoms with Gasteiger partial charge in [0, 0.05) is 17.2 Å². The second kappa shape index (κ2) is 8.40. The van der Waals surface area contributed by atoms with E-state index < -0.39 is 18.0 Å². The van der Waals surface area contributed by atoms with Gasteiger partial charge in [0.15, 0.2) is 0 Å². The maximum Gasteiger partial charge on any atom is 1.00 e. The van der Waals surface area contributed by atoms with Crippen LogP contribution in [0.1, 0.15) is 13.8 Å². The molecule has 0 aromatic carbocycles. The Labute approximate surface area is 191 Å². The number of aliphatic imine (C=N–C) groups is 1. The number of rotatable bonds is 6. The van der Waals surface area contributed by atoms with Gasteiger partial charge in [0.2, 0.25) is 5.91 Å². The first kappa shape index (κ1) is 20.7. The first-order chi connectivity index (χ1) is 11.0. The van der Waals surface area contributed by atoms with Crippen molar-refractivity contribution in [1.82, 2.24) is 14.3 Å². The molecule has 0 aromatic heterocycles. The first-order valence-corrected chi connectivity index (χ1v) is 9.07. The Hall–Kier alpha value is 0.406.